The molecule has 1 aromatic heterocycles. The largest absolute Gasteiger partial charge is 0.481 e. The van der Waals surface area contributed by atoms with Gasteiger partial charge in [0.05, 0.1) is 11.8 Å². The van der Waals surface area contributed by atoms with Crippen LogP contribution in [0.5, 0.6) is 0 Å². The molecule has 98 valence electrons. The van der Waals surface area contributed by atoms with Gasteiger partial charge >= 0.3 is 5.97 Å². The van der Waals surface area contributed by atoms with Gasteiger partial charge in [0.15, 0.2) is 0 Å². The number of carbonyl (C=O) groups excluding carboxylic acids is 1. The highest BCUT2D eigenvalue weighted by Crippen LogP contribution is 2.39. The maximum absolute atomic E-state index is 11.7. The van der Waals surface area contributed by atoms with Gasteiger partial charge < -0.3 is 10.4 Å². The van der Waals surface area contributed by atoms with Gasteiger partial charge in [-0.05, 0) is 12.3 Å². The van der Waals surface area contributed by atoms with E-state index in [1.165, 1.54) is 11.3 Å². The number of nitrogens with one attached hydrogen (secondary N) is 1. The lowest BCUT2D eigenvalue weighted by Crippen LogP contribution is -2.16. The van der Waals surface area contributed by atoms with E-state index in [1.807, 2.05) is 0 Å². The van der Waals surface area contributed by atoms with E-state index in [2.05, 4.69) is 29.4 Å². The Morgan fingerprint density at radius 2 is 2.17 bits per heavy atom. The van der Waals surface area contributed by atoms with Crippen LogP contribution in [0.15, 0.2) is 0 Å². The van der Waals surface area contributed by atoms with Crippen LogP contribution in [0.4, 0.5) is 5.13 Å². The van der Waals surface area contributed by atoms with E-state index in [0.717, 1.165) is 11.4 Å². The van der Waals surface area contributed by atoms with Gasteiger partial charge in [0.25, 0.3) is 0 Å². The van der Waals surface area contributed by atoms with Crippen LogP contribution in [0.25, 0.3) is 0 Å². The zero-order chi connectivity index (χ0) is 13.3. The highest BCUT2D eigenvalue weighted by atomic mass is 32.1. The van der Waals surface area contributed by atoms with E-state index in [-0.39, 0.29) is 5.91 Å². The van der Waals surface area contributed by atoms with Gasteiger partial charge in [-0.15, -0.1) is 10.2 Å². The van der Waals surface area contributed by atoms with Gasteiger partial charge in [-0.25, -0.2) is 0 Å². The molecule has 1 heterocycles. The first-order chi connectivity index (χ1) is 8.47. The smallest absolute Gasteiger partial charge is 0.307 e. The molecule has 1 fully saturated rings. The molecule has 18 heavy (non-hydrogen) atoms. The fourth-order valence-electron chi connectivity index (χ4n) is 1.69. The monoisotopic (exact) mass is 269 g/mol. The third-order valence-electron chi connectivity index (χ3n) is 2.72. The minimum atomic E-state index is -0.909. The number of hydrogen-bond donors (Lipinski definition) is 2. The van der Waals surface area contributed by atoms with E-state index in [0.29, 0.717) is 17.5 Å². The van der Waals surface area contributed by atoms with Gasteiger partial charge in [0.1, 0.15) is 5.01 Å². The van der Waals surface area contributed by atoms with Gasteiger partial charge in [0, 0.05) is 6.42 Å². The third-order valence-corrected chi connectivity index (χ3v) is 3.59. The molecule has 2 N–H and O–H groups in total. The number of hydrogen-bond acceptors (Lipinski definition) is 5. The van der Waals surface area contributed by atoms with Crippen LogP contribution in [-0.4, -0.2) is 27.2 Å². The Labute approximate surface area is 108 Å². The fourth-order valence-corrected chi connectivity index (χ4v) is 2.65. The van der Waals surface area contributed by atoms with Crippen LogP contribution in [0.2, 0.25) is 0 Å². The summed E-state index contributed by atoms with van der Waals surface area (Å²) in [6.45, 7) is 4.17. The van der Waals surface area contributed by atoms with E-state index in [1.54, 1.807) is 0 Å². The number of carboxylic acid groups (broad SMARTS) is 1. The zero-order valence-corrected chi connectivity index (χ0v) is 11.0. The highest BCUT2D eigenvalue weighted by molar-refractivity contribution is 7.15. The van der Waals surface area contributed by atoms with Gasteiger partial charge in [-0.3, -0.25) is 9.59 Å². The summed E-state index contributed by atoms with van der Waals surface area (Å²) in [5.74, 6) is -1.64. The van der Waals surface area contributed by atoms with Crippen molar-refractivity contribution < 1.29 is 14.7 Å². The minimum absolute atomic E-state index is 0.269. The number of carboxylic acids is 1. The van der Waals surface area contributed by atoms with Gasteiger partial charge in [-0.2, -0.15) is 0 Å². The number of anilines is 1. The van der Waals surface area contributed by atoms with Crippen molar-refractivity contribution in [1.29, 1.82) is 0 Å². The average Bonchev–Trinajstić information content (AvgIpc) is 2.96. The van der Waals surface area contributed by atoms with Crippen molar-refractivity contribution in [2.45, 2.75) is 26.7 Å². The molecule has 1 aromatic rings. The topological polar surface area (TPSA) is 92.2 Å². The Bertz CT molecular complexity index is 472. The molecule has 2 atom stereocenters. The first-order valence-electron chi connectivity index (χ1n) is 5.83. The zero-order valence-electron chi connectivity index (χ0n) is 10.2. The van der Waals surface area contributed by atoms with Gasteiger partial charge in [-0.1, -0.05) is 25.2 Å². The summed E-state index contributed by atoms with van der Waals surface area (Å²) in [6.07, 6.45) is 1.24. The van der Waals surface area contributed by atoms with Crippen LogP contribution in [0.1, 0.15) is 25.3 Å². The second kappa shape index (κ2) is 5.01. The first kappa shape index (κ1) is 12.9. The number of aromatic nitrogens is 2. The predicted octanol–water partition coefficient (Wildman–Crippen LogP) is 1.40. The number of nitrogens with zero attached hydrogens (tertiary/aromatic N) is 2. The molecule has 7 heteroatoms. The van der Waals surface area contributed by atoms with Crippen molar-refractivity contribution in [2.24, 2.45) is 17.8 Å². The Hall–Kier alpha value is -1.50. The second-order valence-electron chi connectivity index (χ2n) is 4.88. The lowest BCUT2D eigenvalue weighted by atomic mass is 10.1. The van der Waals surface area contributed by atoms with Crippen molar-refractivity contribution in [2.75, 3.05) is 5.32 Å². The Morgan fingerprint density at radius 3 is 2.72 bits per heavy atom. The lowest BCUT2D eigenvalue weighted by molar-refractivity contribution is -0.139. The molecule has 0 aromatic carbocycles. The Kier molecular flexibility index (Phi) is 3.60. The van der Waals surface area contributed by atoms with Crippen molar-refractivity contribution in [3.63, 3.8) is 0 Å². The number of rotatable bonds is 5. The molecule has 2 rings (SSSR count). The molecule has 1 aliphatic carbocycles. The van der Waals surface area contributed by atoms with Crippen molar-refractivity contribution in [3.05, 3.63) is 5.01 Å². The van der Waals surface area contributed by atoms with Gasteiger partial charge in [0.2, 0.25) is 11.0 Å². The third kappa shape index (κ3) is 3.04. The molecule has 0 radical (unpaired) electrons. The summed E-state index contributed by atoms with van der Waals surface area (Å²) in [5, 5.41) is 20.6. The summed E-state index contributed by atoms with van der Waals surface area (Å²) in [6, 6.07) is 0. The Balaban J connectivity index is 1.88. The molecule has 0 bridgehead atoms. The molecule has 6 nitrogen and oxygen atoms in total. The van der Waals surface area contributed by atoms with Crippen molar-refractivity contribution in [1.82, 2.24) is 10.2 Å². The van der Waals surface area contributed by atoms with Crippen LogP contribution in [0, 0.1) is 17.8 Å². The standard InChI is InChI=1S/C11H15N3O3S/c1-5(2)3-8-13-14-11(18-8)12-9(15)6-4-7(6)10(16)17/h5-7H,3-4H2,1-2H3,(H,16,17)(H,12,14,15). The SMILES string of the molecule is CC(C)Cc1nnc(NC(=O)C2CC2C(=O)O)s1. The molecule has 1 aliphatic rings. The minimum Gasteiger partial charge on any atom is -0.481 e. The maximum atomic E-state index is 11.7. The van der Waals surface area contributed by atoms with Crippen LogP contribution in [-0.2, 0) is 16.0 Å². The summed E-state index contributed by atoms with van der Waals surface area (Å²) in [5.41, 5.74) is 0. The quantitative estimate of drug-likeness (QED) is 0.842. The van der Waals surface area contributed by atoms with E-state index in [9.17, 15) is 9.59 Å². The molecule has 0 spiro atoms. The number of aliphatic carboxylic acids is 1. The molecule has 1 amide bonds. The Morgan fingerprint density at radius 1 is 1.44 bits per heavy atom. The summed E-state index contributed by atoms with van der Waals surface area (Å²) in [4.78, 5) is 22.3. The van der Waals surface area contributed by atoms with Crippen LogP contribution < -0.4 is 5.32 Å². The molecule has 0 saturated heterocycles. The summed E-state index contributed by atoms with van der Waals surface area (Å²) in [7, 11) is 0. The molecule has 2 unspecified atom stereocenters. The number of amides is 1. The first-order valence-corrected chi connectivity index (χ1v) is 6.65. The highest BCUT2D eigenvalue weighted by Gasteiger charge is 2.48. The van der Waals surface area contributed by atoms with E-state index < -0.39 is 17.8 Å². The molecular formula is C11H15N3O3S. The summed E-state index contributed by atoms with van der Waals surface area (Å²) >= 11 is 1.34. The normalized spacial score (nSPS) is 21.9. The fraction of sp³-hybridized carbons (Fsp3) is 0.636. The average molecular weight is 269 g/mol. The van der Waals surface area contributed by atoms with Crippen LogP contribution in [0.3, 0.4) is 0 Å². The molecule has 0 aliphatic heterocycles. The van der Waals surface area contributed by atoms with E-state index in [4.69, 9.17) is 5.11 Å². The van der Waals surface area contributed by atoms with Crippen molar-refractivity contribution in [3.8, 4) is 0 Å². The second-order valence-corrected chi connectivity index (χ2v) is 5.94. The van der Waals surface area contributed by atoms with Crippen molar-refractivity contribution >= 4 is 28.3 Å². The maximum Gasteiger partial charge on any atom is 0.307 e. The summed E-state index contributed by atoms with van der Waals surface area (Å²) < 4.78 is 0. The predicted molar refractivity (Wildman–Crippen MR) is 66.3 cm³/mol. The lowest BCUT2D eigenvalue weighted by Gasteiger charge is -1.99. The number of carbonyl (C=O) groups is 2. The van der Waals surface area contributed by atoms with Crippen LogP contribution >= 0.6 is 11.3 Å². The molecule has 1 saturated carbocycles. The molecular weight excluding hydrogens is 254 g/mol. The van der Waals surface area contributed by atoms with E-state index >= 15 is 0 Å².